The van der Waals surface area contributed by atoms with Crippen molar-refractivity contribution in [2.75, 3.05) is 13.1 Å². The fourth-order valence-corrected chi connectivity index (χ4v) is 3.42. The van der Waals surface area contributed by atoms with Crippen molar-refractivity contribution in [2.24, 2.45) is 11.7 Å². The van der Waals surface area contributed by atoms with Crippen LogP contribution in [-0.2, 0) is 9.59 Å². The van der Waals surface area contributed by atoms with E-state index in [2.05, 4.69) is 18.3 Å². The van der Waals surface area contributed by atoms with Gasteiger partial charge in [-0.25, -0.2) is 0 Å². The number of primary amides is 1. The highest BCUT2D eigenvalue weighted by Crippen LogP contribution is 2.24. The molecule has 3 atom stereocenters. The minimum Gasteiger partial charge on any atom is -0.368 e. The summed E-state index contributed by atoms with van der Waals surface area (Å²) in [6.07, 6.45) is 2.23. The van der Waals surface area contributed by atoms with Crippen molar-refractivity contribution < 1.29 is 9.59 Å². The summed E-state index contributed by atoms with van der Waals surface area (Å²) in [6, 6.07) is 8.49. The number of carbonyl (C=O) groups excluding carboxylic acids is 2. The van der Waals surface area contributed by atoms with Crippen LogP contribution in [-0.4, -0.2) is 35.8 Å². The van der Waals surface area contributed by atoms with Crippen LogP contribution in [0.5, 0.6) is 0 Å². The van der Waals surface area contributed by atoms with Gasteiger partial charge in [0.15, 0.2) is 0 Å². The molecule has 0 aromatic heterocycles. The molecule has 1 aliphatic rings. The average Bonchev–Trinajstić information content (AvgIpc) is 2.65. The van der Waals surface area contributed by atoms with Crippen LogP contribution in [0.1, 0.15) is 50.3 Å². The van der Waals surface area contributed by atoms with Crippen LogP contribution in [0.15, 0.2) is 24.3 Å². The summed E-state index contributed by atoms with van der Waals surface area (Å²) in [5.41, 5.74) is 6.91. The molecule has 134 valence electrons. The number of hydrogen-bond donors (Lipinski definition) is 2. The van der Waals surface area contributed by atoms with Gasteiger partial charge in [0.25, 0.3) is 0 Å². The topological polar surface area (TPSA) is 99.2 Å². The Morgan fingerprint density at radius 3 is 2.56 bits per heavy atom. The largest absolute Gasteiger partial charge is 0.368 e. The summed E-state index contributed by atoms with van der Waals surface area (Å²) < 4.78 is 0. The Morgan fingerprint density at radius 2 is 2.04 bits per heavy atom. The van der Waals surface area contributed by atoms with Gasteiger partial charge in [0.2, 0.25) is 11.8 Å². The summed E-state index contributed by atoms with van der Waals surface area (Å²) in [5.74, 6) is 0.0200. The first kappa shape index (κ1) is 18.9. The molecule has 1 aliphatic heterocycles. The van der Waals surface area contributed by atoms with Gasteiger partial charge in [0.05, 0.1) is 11.6 Å². The Balaban J connectivity index is 2.12. The smallest absolute Gasteiger partial charge is 0.239 e. The monoisotopic (exact) mass is 342 g/mol. The lowest BCUT2D eigenvalue weighted by Crippen LogP contribution is -2.53. The number of nitrogens with zero attached hydrogens (tertiary/aromatic N) is 2. The Kier molecular flexibility index (Phi) is 6.54. The first-order chi connectivity index (χ1) is 12.0. The van der Waals surface area contributed by atoms with E-state index in [0.29, 0.717) is 25.1 Å². The summed E-state index contributed by atoms with van der Waals surface area (Å²) >= 11 is 0. The second-order valence-electron chi connectivity index (χ2n) is 6.49. The van der Waals surface area contributed by atoms with E-state index in [1.165, 1.54) is 0 Å². The van der Waals surface area contributed by atoms with Crippen LogP contribution >= 0.6 is 0 Å². The van der Waals surface area contributed by atoms with Crippen molar-refractivity contribution in [3.63, 3.8) is 0 Å². The minimum absolute atomic E-state index is 0.124. The van der Waals surface area contributed by atoms with Crippen molar-refractivity contribution in [1.82, 2.24) is 10.2 Å². The number of hydrogen-bond acceptors (Lipinski definition) is 4. The van der Waals surface area contributed by atoms with E-state index in [1.54, 1.807) is 24.3 Å². The molecule has 0 radical (unpaired) electrons. The Hall–Kier alpha value is -2.39. The number of piperidine rings is 1. The van der Waals surface area contributed by atoms with Crippen LogP contribution in [0.4, 0.5) is 0 Å². The van der Waals surface area contributed by atoms with Gasteiger partial charge in [0.1, 0.15) is 6.04 Å². The molecule has 0 spiro atoms. The van der Waals surface area contributed by atoms with Crippen molar-refractivity contribution in [3.05, 3.63) is 35.4 Å². The molecule has 6 nitrogen and oxygen atoms in total. The van der Waals surface area contributed by atoms with E-state index < -0.39 is 11.9 Å². The molecule has 1 aromatic carbocycles. The van der Waals surface area contributed by atoms with Crippen LogP contribution in [0.2, 0.25) is 0 Å². The number of nitrogens with two attached hydrogens (primary N) is 1. The molecule has 1 aromatic rings. The zero-order valence-corrected chi connectivity index (χ0v) is 14.9. The lowest BCUT2D eigenvalue weighted by atomic mass is 9.88. The molecule has 3 unspecified atom stereocenters. The number of rotatable bonds is 6. The highest BCUT2D eigenvalue weighted by Gasteiger charge is 2.32. The molecule has 6 heteroatoms. The minimum atomic E-state index is -0.597. The van der Waals surface area contributed by atoms with Crippen LogP contribution in [0.3, 0.4) is 0 Å². The maximum Gasteiger partial charge on any atom is 0.239 e. The molecule has 2 amide bonds. The molecular weight excluding hydrogens is 316 g/mol. The summed E-state index contributed by atoms with van der Waals surface area (Å²) in [5, 5.41) is 12.3. The zero-order chi connectivity index (χ0) is 18.4. The van der Waals surface area contributed by atoms with Crippen molar-refractivity contribution >= 4 is 11.8 Å². The number of amides is 2. The quantitative estimate of drug-likeness (QED) is 0.822. The van der Waals surface area contributed by atoms with Crippen LogP contribution < -0.4 is 11.1 Å². The number of likely N-dealkylation sites (tertiary alicyclic amines) is 1. The number of nitriles is 1. The first-order valence-corrected chi connectivity index (χ1v) is 8.83. The van der Waals surface area contributed by atoms with Gasteiger partial charge in [-0.1, -0.05) is 32.4 Å². The predicted octanol–water partition coefficient (Wildman–Crippen LogP) is 1.71. The molecule has 0 saturated carbocycles. The fourth-order valence-electron chi connectivity index (χ4n) is 3.42. The van der Waals surface area contributed by atoms with E-state index in [-0.39, 0.29) is 17.9 Å². The molecule has 2 rings (SSSR count). The fraction of sp³-hybridized carbons (Fsp3) is 0.526. The first-order valence-electron chi connectivity index (χ1n) is 8.83. The lowest BCUT2D eigenvalue weighted by Gasteiger charge is -2.40. The van der Waals surface area contributed by atoms with Gasteiger partial charge in [-0.2, -0.15) is 5.26 Å². The standard InChI is InChI=1S/C19H26N4O2/c1-3-14-12-23(17(24)4-2)10-9-16(14)22-18(19(21)25)15-7-5-13(11-20)6-8-15/h5-8,14,16,18,22H,3-4,9-10,12H2,1-2H3,(H2,21,25). The predicted molar refractivity (Wildman–Crippen MR) is 95.3 cm³/mol. The van der Waals surface area contributed by atoms with Gasteiger partial charge in [-0.05, 0) is 30.0 Å². The molecule has 25 heavy (non-hydrogen) atoms. The van der Waals surface area contributed by atoms with E-state index in [9.17, 15) is 9.59 Å². The number of benzene rings is 1. The molecule has 0 aliphatic carbocycles. The summed E-state index contributed by atoms with van der Waals surface area (Å²) in [7, 11) is 0. The highest BCUT2D eigenvalue weighted by atomic mass is 16.2. The summed E-state index contributed by atoms with van der Waals surface area (Å²) in [6.45, 7) is 5.38. The van der Waals surface area contributed by atoms with E-state index in [0.717, 1.165) is 18.4 Å². The van der Waals surface area contributed by atoms with E-state index >= 15 is 0 Å². The molecule has 0 bridgehead atoms. The number of nitrogens with one attached hydrogen (secondary N) is 1. The maximum absolute atomic E-state index is 12.0. The van der Waals surface area contributed by atoms with Crippen LogP contribution in [0, 0.1) is 17.2 Å². The Bertz CT molecular complexity index is 650. The average molecular weight is 342 g/mol. The maximum atomic E-state index is 12.0. The van der Waals surface area contributed by atoms with Gasteiger partial charge < -0.3 is 10.6 Å². The summed E-state index contributed by atoms with van der Waals surface area (Å²) in [4.78, 5) is 25.8. The van der Waals surface area contributed by atoms with Gasteiger partial charge in [-0.15, -0.1) is 0 Å². The van der Waals surface area contributed by atoms with Crippen LogP contribution in [0.25, 0.3) is 0 Å². The Morgan fingerprint density at radius 1 is 1.36 bits per heavy atom. The third-order valence-corrected chi connectivity index (χ3v) is 4.95. The van der Waals surface area contributed by atoms with E-state index in [1.807, 2.05) is 11.8 Å². The third-order valence-electron chi connectivity index (χ3n) is 4.95. The third kappa shape index (κ3) is 4.58. The van der Waals surface area contributed by atoms with Crippen molar-refractivity contribution in [1.29, 1.82) is 5.26 Å². The lowest BCUT2D eigenvalue weighted by molar-refractivity contribution is -0.133. The number of carbonyl (C=O) groups is 2. The van der Waals surface area contributed by atoms with Crippen molar-refractivity contribution in [3.8, 4) is 6.07 Å². The molecule has 1 heterocycles. The Labute approximate surface area is 149 Å². The van der Waals surface area contributed by atoms with Gasteiger partial charge >= 0.3 is 0 Å². The van der Waals surface area contributed by atoms with Gasteiger partial charge in [-0.3, -0.25) is 14.9 Å². The van der Waals surface area contributed by atoms with Gasteiger partial charge in [0, 0.05) is 25.6 Å². The molecule has 1 fully saturated rings. The molecule has 3 N–H and O–H groups in total. The zero-order valence-electron chi connectivity index (χ0n) is 14.9. The normalized spacial score (nSPS) is 21.4. The van der Waals surface area contributed by atoms with Crippen molar-refractivity contribution in [2.45, 2.75) is 45.2 Å². The second kappa shape index (κ2) is 8.63. The second-order valence-corrected chi connectivity index (χ2v) is 6.49. The van der Waals surface area contributed by atoms with E-state index in [4.69, 9.17) is 11.0 Å². The SMILES string of the molecule is CCC(=O)N1CCC(NC(C(N)=O)c2ccc(C#N)cc2)C(CC)C1. The molecular formula is C19H26N4O2. The molecule has 1 saturated heterocycles. The highest BCUT2D eigenvalue weighted by molar-refractivity contribution is 5.81.